The quantitative estimate of drug-likeness (QED) is 0.446. The number of nitrogens with one attached hydrogen (secondary N) is 1. The Kier molecular flexibility index (Phi) is 6.75. The van der Waals surface area contributed by atoms with Gasteiger partial charge in [0.15, 0.2) is 0 Å². The topological polar surface area (TPSA) is 56.1 Å². The molecule has 31 heavy (non-hydrogen) atoms. The Labute approximate surface area is 182 Å². The van der Waals surface area contributed by atoms with Crippen molar-refractivity contribution in [1.29, 1.82) is 0 Å². The van der Waals surface area contributed by atoms with E-state index in [1.54, 1.807) is 7.11 Å². The number of benzene rings is 3. The zero-order valence-electron chi connectivity index (χ0n) is 17.8. The Morgan fingerprint density at radius 2 is 1.65 bits per heavy atom. The molecule has 0 spiro atoms. The first kappa shape index (κ1) is 20.8. The Balaban J connectivity index is 1.33. The number of imidazole rings is 1. The second-order valence-corrected chi connectivity index (χ2v) is 7.50. The number of aromatic nitrogens is 2. The molecule has 0 unspecified atom stereocenters. The summed E-state index contributed by atoms with van der Waals surface area (Å²) in [5.74, 6) is 0.984. The molecule has 1 amide bonds. The number of carbonyl (C=O) groups is 1. The normalized spacial score (nSPS) is 11.0. The summed E-state index contributed by atoms with van der Waals surface area (Å²) in [6.07, 6.45) is 1.05. The van der Waals surface area contributed by atoms with Crippen LogP contribution in [0, 0.1) is 0 Å². The van der Waals surface area contributed by atoms with Crippen molar-refractivity contribution in [3.63, 3.8) is 0 Å². The van der Waals surface area contributed by atoms with Crippen LogP contribution in [-0.2, 0) is 28.9 Å². The third-order valence-electron chi connectivity index (χ3n) is 5.35. The average molecular weight is 414 g/mol. The summed E-state index contributed by atoms with van der Waals surface area (Å²) in [6.45, 7) is 1.92. The minimum Gasteiger partial charge on any atom is -0.383 e. The lowest BCUT2D eigenvalue weighted by molar-refractivity contribution is -0.120. The minimum atomic E-state index is 0.0204. The first-order chi connectivity index (χ1) is 15.2. The number of hydrogen-bond acceptors (Lipinski definition) is 3. The summed E-state index contributed by atoms with van der Waals surface area (Å²) in [5, 5.41) is 3.03. The van der Waals surface area contributed by atoms with Crippen LogP contribution in [0.5, 0.6) is 0 Å². The second kappa shape index (κ2) is 10.0. The van der Waals surface area contributed by atoms with Crippen LogP contribution in [0.25, 0.3) is 22.2 Å². The maximum atomic E-state index is 12.4. The van der Waals surface area contributed by atoms with Crippen LogP contribution in [0.3, 0.4) is 0 Å². The molecule has 158 valence electrons. The van der Waals surface area contributed by atoms with E-state index in [2.05, 4.69) is 40.2 Å². The van der Waals surface area contributed by atoms with E-state index in [0.717, 1.165) is 34.5 Å². The van der Waals surface area contributed by atoms with Gasteiger partial charge in [-0.15, -0.1) is 0 Å². The molecule has 1 heterocycles. The Bertz CT molecular complexity index is 1130. The van der Waals surface area contributed by atoms with Gasteiger partial charge in [0, 0.05) is 26.6 Å². The Morgan fingerprint density at radius 1 is 0.935 bits per heavy atom. The largest absolute Gasteiger partial charge is 0.383 e. The molecule has 0 atom stereocenters. The maximum absolute atomic E-state index is 12.4. The van der Waals surface area contributed by atoms with Crippen LogP contribution >= 0.6 is 0 Å². The summed E-state index contributed by atoms with van der Waals surface area (Å²) >= 11 is 0. The van der Waals surface area contributed by atoms with Gasteiger partial charge in [-0.2, -0.15) is 0 Å². The van der Waals surface area contributed by atoms with E-state index in [4.69, 9.17) is 9.72 Å². The van der Waals surface area contributed by atoms with Gasteiger partial charge in [0.1, 0.15) is 5.82 Å². The SMILES string of the molecule is COCCn1c(CCNC(=O)Cc2ccc(-c3ccccc3)cc2)nc2ccccc21. The summed E-state index contributed by atoms with van der Waals surface area (Å²) in [6, 6.07) is 26.5. The second-order valence-electron chi connectivity index (χ2n) is 7.50. The fourth-order valence-corrected chi connectivity index (χ4v) is 3.76. The number of methoxy groups -OCH3 is 1. The molecule has 0 fully saturated rings. The molecule has 0 aliphatic rings. The molecular weight excluding hydrogens is 386 g/mol. The number of fused-ring (bicyclic) bond motifs is 1. The van der Waals surface area contributed by atoms with Crippen LogP contribution in [0.2, 0.25) is 0 Å². The zero-order chi connectivity index (χ0) is 21.5. The van der Waals surface area contributed by atoms with Crippen LogP contribution in [0.1, 0.15) is 11.4 Å². The molecule has 0 aliphatic carbocycles. The van der Waals surface area contributed by atoms with Crippen LogP contribution in [0.4, 0.5) is 0 Å². The predicted octanol–water partition coefficient (Wildman–Crippen LogP) is 4.25. The van der Waals surface area contributed by atoms with Crippen molar-refractivity contribution >= 4 is 16.9 Å². The highest BCUT2D eigenvalue weighted by atomic mass is 16.5. The number of hydrogen-bond donors (Lipinski definition) is 1. The van der Waals surface area contributed by atoms with Crippen molar-refractivity contribution in [2.24, 2.45) is 0 Å². The lowest BCUT2D eigenvalue weighted by Crippen LogP contribution is -2.28. The summed E-state index contributed by atoms with van der Waals surface area (Å²) in [7, 11) is 1.70. The molecular formula is C26H27N3O2. The summed E-state index contributed by atoms with van der Waals surface area (Å²) < 4.78 is 7.42. The van der Waals surface area contributed by atoms with E-state index < -0.39 is 0 Å². The summed E-state index contributed by atoms with van der Waals surface area (Å²) in [4.78, 5) is 17.2. The smallest absolute Gasteiger partial charge is 0.224 e. The van der Waals surface area contributed by atoms with Crippen molar-refractivity contribution in [3.8, 4) is 11.1 Å². The number of ether oxygens (including phenoxy) is 1. The number of rotatable bonds is 9. The first-order valence-electron chi connectivity index (χ1n) is 10.6. The Morgan fingerprint density at radius 3 is 2.42 bits per heavy atom. The van der Waals surface area contributed by atoms with Crippen molar-refractivity contribution in [2.75, 3.05) is 20.3 Å². The molecule has 0 bridgehead atoms. The fraction of sp³-hybridized carbons (Fsp3) is 0.231. The average Bonchev–Trinajstić information content (AvgIpc) is 3.16. The predicted molar refractivity (Wildman–Crippen MR) is 124 cm³/mol. The van der Waals surface area contributed by atoms with Crippen molar-refractivity contribution in [3.05, 3.63) is 90.3 Å². The van der Waals surface area contributed by atoms with Gasteiger partial charge in [-0.1, -0.05) is 66.7 Å². The van der Waals surface area contributed by atoms with Gasteiger partial charge >= 0.3 is 0 Å². The van der Waals surface area contributed by atoms with E-state index in [1.807, 2.05) is 48.5 Å². The van der Waals surface area contributed by atoms with E-state index in [0.29, 0.717) is 26.0 Å². The Hall–Kier alpha value is -3.44. The lowest BCUT2D eigenvalue weighted by atomic mass is 10.0. The molecule has 4 aromatic rings. The van der Waals surface area contributed by atoms with E-state index in [9.17, 15) is 4.79 Å². The number of para-hydroxylation sites is 2. The standard InChI is InChI=1S/C26H27N3O2/c1-31-18-17-29-24-10-6-5-9-23(24)28-25(29)15-16-27-26(30)19-20-11-13-22(14-12-20)21-7-3-2-4-8-21/h2-14H,15-19H2,1H3,(H,27,30). The molecule has 5 heteroatoms. The molecule has 3 aromatic carbocycles. The molecule has 1 aromatic heterocycles. The number of carbonyl (C=O) groups excluding carboxylic acids is 1. The van der Waals surface area contributed by atoms with Gasteiger partial charge in [0.2, 0.25) is 5.91 Å². The molecule has 1 N–H and O–H groups in total. The highest BCUT2D eigenvalue weighted by Crippen LogP contribution is 2.19. The number of nitrogens with zero attached hydrogens (tertiary/aromatic N) is 2. The molecule has 0 saturated heterocycles. The highest BCUT2D eigenvalue weighted by Gasteiger charge is 2.11. The van der Waals surface area contributed by atoms with E-state index in [1.165, 1.54) is 5.56 Å². The van der Waals surface area contributed by atoms with Crippen molar-refractivity contribution in [1.82, 2.24) is 14.9 Å². The van der Waals surface area contributed by atoms with Crippen LogP contribution in [0.15, 0.2) is 78.9 Å². The third kappa shape index (κ3) is 5.19. The molecule has 5 nitrogen and oxygen atoms in total. The van der Waals surface area contributed by atoms with E-state index in [-0.39, 0.29) is 5.91 Å². The van der Waals surface area contributed by atoms with Gasteiger partial charge in [-0.3, -0.25) is 4.79 Å². The van der Waals surface area contributed by atoms with Gasteiger partial charge in [-0.25, -0.2) is 4.98 Å². The lowest BCUT2D eigenvalue weighted by Gasteiger charge is -2.10. The summed E-state index contributed by atoms with van der Waals surface area (Å²) in [5.41, 5.74) is 5.40. The van der Waals surface area contributed by atoms with Crippen LogP contribution < -0.4 is 5.32 Å². The molecule has 0 radical (unpaired) electrons. The number of amides is 1. The van der Waals surface area contributed by atoms with Gasteiger partial charge in [0.25, 0.3) is 0 Å². The molecule has 0 saturated carbocycles. The first-order valence-corrected chi connectivity index (χ1v) is 10.6. The fourth-order valence-electron chi connectivity index (χ4n) is 3.76. The van der Waals surface area contributed by atoms with Gasteiger partial charge in [-0.05, 0) is 28.8 Å². The van der Waals surface area contributed by atoms with E-state index >= 15 is 0 Å². The highest BCUT2D eigenvalue weighted by molar-refractivity contribution is 5.79. The zero-order valence-corrected chi connectivity index (χ0v) is 17.8. The van der Waals surface area contributed by atoms with Gasteiger partial charge < -0.3 is 14.6 Å². The van der Waals surface area contributed by atoms with Gasteiger partial charge in [0.05, 0.1) is 24.1 Å². The molecule has 4 rings (SSSR count). The van der Waals surface area contributed by atoms with Crippen LogP contribution in [-0.4, -0.2) is 35.7 Å². The third-order valence-corrected chi connectivity index (χ3v) is 5.35. The maximum Gasteiger partial charge on any atom is 0.224 e. The van der Waals surface area contributed by atoms with Crippen molar-refractivity contribution in [2.45, 2.75) is 19.4 Å². The minimum absolute atomic E-state index is 0.0204. The van der Waals surface area contributed by atoms with Crippen molar-refractivity contribution < 1.29 is 9.53 Å². The monoisotopic (exact) mass is 413 g/mol. The molecule has 0 aliphatic heterocycles.